The first-order valence-corrected chi connectivity index (χ1v) is 7.18. The van der Waals surface area contributed by atoms with Crippen LogP contribution in [0.1, 0.15) is 24.8 Å². The molecule has 1 fully saturated rings. The van der Waals surface area contributed by atoms with Gasteiger partial charge in [0.1, 0.15) is 12.7 Å². The van der Waals surface area contributed by atoms with Gasteiger partial charge in [-0.2, -0.15) is 5.10 Å². The summed E-state index contributed by atoms with van der Waals surface area (Å²) in [5, 5.41) is 7.06. The molecule has 6 nitrogen and oxygen atoms in total. The fourth-order valence-corrected chi connectivity index (χ4v) is 2.75. The maximum Gasteiger partial charge on any atom is 0.227 e. The summed E-state index contributed by atoms with van der Waals surface area (Å²) in [6.45, 7) is 0.637. The average Bonchev–Trinajstić information content (AvgIpc) is 3.11. The van der Waals surface area contributed by atoms with E-state index in [1.165, 1.54) is 6.33 Å². The van der Waals surface area contributed by atoms with Gasteiger partial charge in [0.05, 0.1) is 6.54 Å². The molecule has 0 spiro atoms. The Labute approximate surface area is 123 Å². The van der Waals surface area contributed by atoms with Crippen molar-refractivity contribution in [3.63, 3.8) is 0 Å². The van der Waals surface area contributed by atoms with Crippen molar-refractivity contribution in [2.75, 3.05) is 5.32 Å². The number of amides is 1. The first kappa shape index (κ1) is 13.8. The first-order valence-electron chi connectivity index (χ1n) is 7.18. The third-order valence-electron chi connectivity index (χ3n) is 3.85. The summed E-state index contributed by atoms with van der Waals surface area (Å²) in [6, 6.07) is 7.97. The van der Waals surface area contributed by atoms with Crippen molar-refractivity contribution in [3.05, 3.63) is 42.5 Å². The quantitative estimate of drug-likeness (QED) is 0.889. The van der Waals surface area contributed by atoms with Gasteiger partial charge in [-0.1, -0.05) is 12.1 Å². The van der Waals surface area contributed by atoms with Gasteiger partial charge in [-0.15, -0.1) is 0 Å². The molecule has 0 bridgehead atoms. The Morgan fingerprint density at radius 2 is 2.33 bits per heavy atom. The Hall–Kier alpha value is -2.21. The predicted octanol–water partition coefficient (Wildman–Crippen LogP) is 1.39. The first-order chi connectivity index (χ1) is 10.2. The molecule has 1 saturated carbocycles. The lowest BCUT2D eigenvalue weighted by Gasteiger charge is -2.11. The zero-order valence-corrected chi connectivity index (χ0v) is 11.8. The van der Waals surface area contributed by atoms with Crippen molar-refractivity contribution in [3.8, 4) is 0 Å². The second-order valence-corrected chi connectivity index (χ2v) is 5.55. The summed E-state index contributed by atoms with van der Waals surface area (Å²) < 4.78 is 1.75. The van der Waals surface area contributed by atoms with E-state index in [0.717, 1.165) is 30.5 Å². The molecule has 1 aliphatic rings. The van der Waals surface area contributed by atoms with E-state index >= 15 is 0 Å². The number of hydrogen-bond acceptors (Lipinski definition) is 4. The van der Waals surface area contributed by atoms with Gasteiger partial charge in [0, 0.05) is 17.6 Å². The predicted molar refractivity (Wildman–Crippen MR) is 79.5 cm³/mol. The zero-order valence-electron chi connectivity index (χ0n) is 11.8. The molecule has 3 rings (SSSR count). The van der Waals surface area contributed by atoms with Crippen LogP contribution in [0.2, 0.25) is 0 Å². The van der Waals surface area contributed by atoms with Gasteiger partial charge in [0.15, 0.2) is 0 Å². The molecular formula is C15H19N5O. The molecule has 1 heterocycles. The van der Waals surface area contributed by atoms with Crippen LogP contribution in [0.3, 0.4) is 0 Å². The highest BCUT2D eigenvalue weighted by Gasteiger charge is 2.27. The van der Waals surface area contributed by atoms with Crippen molar-refractivity contribution in [1.29, 1.82) is 0 Å². The molecular weight excluding hydrogens is 266 g/mol. The second kappa shape index (κ2) is 6.05. The lowest BCUT2D eigenvalue weighted by molar-refractivity contribution is -0.119. The minimum absolute atomic E-state index is 0.0407. The Bertz CT molecular complexity index is 610. The van der Waals surface area contributed by atoms with E-state index in [-0.39, 0.29) is 17.9 Å². The highest BCUT2D eigenvalue weighted by molar-refractivity contribution is 5.92. The summed E-state index contributed by atoms with van der Waals surface area (Å²) in [4.78, 5) is 16.1. The van der Waals surface area contributed by atoms with Gasteiger partial charge < -0.3 is 11.1 Å². The van der Waals surface area contributed by atoms with Crippen LogP contribution in [0.5, 0.6) is 0 Å². The highest BCUT2D eigenvalue weighted by atomic mass is 16.1. The molecule has 1 aliphatic carbocycles. The topological polar surface area (TPSA) is 85.8 Å². The van der Waals surface area contributed by atoms with Crippen LogP contribution >= 0.6 is 0 Å². The largest absolute Gasteiger partial charge is 0.328 e. The molecule has 0 saturated heterocycles. The molecule has 0 radical (unpaired) electrons. The Kier molecular flexibility index (Phi) is 3.96. The lowest BCUT2D eigenvalue weighted by atomic mass is 10.1. The minimum Gasteiger partial charge on any atom is -0.328 e. The summed E-state index contributed by atoms with van der Waals surface area (Å²) in [5.74, 6) is 0.111. The van der Waals surface area contributed by atoms with Crippen LogP contribution in [0.15, 0.2) is 36.9 Å². The van der Waals surface area contributed by atoms with Crippen molar-refractivity contribution in [2.24, 2.45) is 11.7 Å². The SMILES string of the molecule is NC1CCC(C(=O)Nc2cccc(Cn3cncn3)c2)C1. The van der Waals surface area contributed by atoms with Crippen LogP contribution in [0.4, 0.5) is 5.69 Å². The van der Waals surface area contributed by atoms with Gasteiger partial charge >= 0.3 is 0 Å². The van der Waals surface area contributed by atoms with Crippen LogP contribution in [0.25, 0.3) is 0 Å². The molecule has 21 heavy (non-hydrogen) atoms. The maximum atomic E-state index is 12.2. The number of nitrogens with two attached hydrogens (primary N) is 1. The maximum absolute atomic E-state index is 12.2. The van der Waals surface area contributed by atoms with Crippen LogP contribution in [0, 0.1) is 5.92 Å². The average molecular weight is 285 g/mol. The summed E-state index contributed by atoms with van der Waals surface area (Å²) in [5.41, 5.74) is 7.75. The molecule has 2 atom stereocenters. The van der Waals surface area contributed by atoms with E-state index in [2.05, 4.69) is 15.4 Å². The third-order valence-corrected chi connectivity index (χ3v) is 3.85. The lowest BCUT2D eigenvalue weighted by Crippen LogP contribution is -2.23. The van der Waals surface area contributed by atoms with Gasteiger partial charge in [-0.05, 0) is 37.0 Å². The molecule has 1 amide bonds. The van der Waals surface area contributed by atoms with Crippen LogP contribution in [-0.4, -0.2) is 26.7 Å². The molecule has 110 valence electrons. The number of aromatic nitrogens is 3. The summed E-state index contributed by atoms with van der Waals surface area (Å²) in [7, 11) is 0. The van der Waals surface area contributed by atoms with Gasteiger partial charge in [0.25, 0.3) is 0 Å². The molecule has 2 aromatic rings. The Balaban J connectivity index is 1.64. The van der Waals surface area contributed by atoms with Gasteiger partial charge in [0.2, 0.25) is 5.91 Å². The van der Waals surface area contributed by atoms with Gasteiger partial charge in [-0.25, -0.2) is 9.67 Å². The zero-order chi connectivity index (χ0) is 14.7. The fraction of sp³-hybridized carbons (Fsp3) is 0.400. The fourth-order valence-electron chi connectivity index (χ4n) is 2.75. The highest BCUT2D eigenvalue weighted by Crippen LogP contribution is 2.25. The Morgan fingerprint density at radius 3 is 3.05 bits per heavy atom. The molecule has 0 aliphatic heterocycles. The van der Waals surface area contributed by atoms with E-state index in [0.29, 0.717) is 6.54 Å². The van der Waals surface area contributed by atoms with Crippen LogP contribution in [-0.2, 0) is 11.3 Å². The normalized spacial score (nSPS) is 21.4. The van der Waals surface area contributed by atoms with E-state index in [1.54, 1.807) is 11.0 Å². The van der Waals surface area contributed by atoms with Crippen molar-refractivity contribution in [2.45, 2.75) is 31.8 Å². The number of hydrogen-bond donors (Lipinski definition) is 2. The Morgan fingerprint density at radius 1 is 1.43 bits per heavy atom. The van der Waals surface area contributed by atoms with Gasteiger partial charge in [-0.3, -0.25) is 4.79 Å². The van der Waals surface area contributed by atoms with Crippen molar-refractivity contribution < 1.29 is 4.79 Å². The van der Waals surface area contributed by atoms with Crippen molar-refractivity contribution in [1.82, 2.24) is 14.8 Å². The molecule has 6 heteroatoms. The number of nitrogens with zero attached hydrogens (tertiary/aromatic N) is 3. The monoisotopic (exact) mass is 285 g/mol. The number of nitrogens with one attached hydrogen (secondary N) is 1. The van der Waals surface area contributed by atoms with E-state index in [4.69, 9.17) is 5.73 Å². The van der Waals surface area contributed by atoms with E-state index < -0.39 is 0 Å². The number of carbonyl (C=O) groups excluding carboxylic acids is 1. The number of carbonyl (C=O) groups is 1. The summed E-state index contributed by atoms with van der Waals surface area (Å²) in [6.07, 6.45) is 5.78. The smallest absolute Gasteiger partial charge is 0.227 e. The standard InChI is InChI=1S/C15H19N5O/c16-13-5-4-12(7-13)15(21)19-14-3-1-2-11(6-14)8-20-10-17-9-18-20/h1-3,6,9-10,12-13H,4-5,7-8,16H2,(H,19,21). The second-order valence-electron chi connectivity index (χ2n) is 5.55. The van der Waals surface area contributed by atoms with E-state index in [1.807, 2.05) is 24.3 Å². The molecule has 1 aromatic heterocycles. The van der Waals surface area contributed by atoms with Crippen molar-refractivity contribution >= 4 is 11.6 Å². The number of rotatable bonds is 4. The molecule has 1 aromatic carbocycles. The molecule has 2 unspecified atom stereocenters. The minimum atomic E-state index is 0.0407. The third kappa shape index (κ3) is 3.46. The van der Waals surface area contributed by atoms with Crippen LogP contribution < -0.4 is 11.1 Å². The molecule has 3 N–H and O–H groups in total. The summed E-state index contributed by atoms with van der Waals surface area (Å²) >= 11 is 0. The number of anilines is 1. The number of benzene rings is 1. The van der Waals surface area contributed by atoms with E-state index in [9.17, 15) is 4.79 Å².